The number of hydrogen-bond acceptors (Lipinski definition) is 3. The van der Waals surface area contributed by atoms with Crippen molar-refractivity contribution in [3.8, 4) is 0 Å². The molecule has 0 aromatic carbocycles. The van der Waals surface area contributed by atoms with Crippen molar-refractivity contribution in [3.63, 3.8) is 0 Å². The molecule has 2 fully saturated rings. The van der Waals surface area contributed by atoms with Crippen LogP contribution in [0.4, 0.5) is 0 Å². The number of aliphatic hydroxyl groups excluding tert-OH is 1. The summed E-state index contributed by atoms with van der Waals surface area (Å²) >= 11 is 0. The predicted octanol–water partition coefficient (Wildman–Crippen LogP) is 1.71. The monoisotopic (exact) mass is 240 g/mol. The van der Waals surface area contributed by atoms with Gasteiger partial charge in [0.2, 0.25) is 0 Å². The number of hydrogen-bond donors (Lipinski definition) is 1. The average Bonchev–Trinajstić information content (AvgIpc) is 2.75. The Morgan fingerprint density at radius 3 is 2.41 bits per heavy atom. The van der Waals surface area contributed by atoms with Gasteiger partial charge in [-0.2, -0.15) is 0 Å². The van der Waals surface area contributed by atoms with E-state index in [1.807, 2.05) is 0 Å². The molecule has 0 aromatic heterocycles. The van der Waals surface area contributed by atoms with E-state index < -0.39 is 0 Å². The Bertz CT molecular complexity index is 204. The van der Waals surface area contributed by atoms with Gasteiger partial charge >= 0.3 is 0 Å². The fourth-order valence-corrected chi connectivity index (χ4v) is 3.24. The minimum absolute atomic E-state index is 0.351. The summed E-state index contributed by atoms with van der Waals surface area (Å²) < 4.78 is 0. The summed E-state index contributed by atoms with van der Waals surface area (Å²) in [6, 6.07) is 0.441. The standard InChI is InChI=1S/C14H28N2O/c17-13-14-7-2-1-3-11-16(14)12-6-10-15-8-4-5-9-15/h14,17H,1-13H2. The van der Waals surface area contributed by atoms with E-state index in [9.17, 15) is 5.11 Å². The zero-order chi connectivity index (χ0) is 11.9. The maximum atomic E-state index is 9.45. The fourth-order valence-electron chi connectivity index (χ4n) is 3.24. The second-order valence-electron chi connectivity index (χ2n) is 5.62. The molecule has 1 atom stereocenters. The van der Waals surface area contributed by atoms with Gasteiger partial charge < -0.3 is 10.0 Å². The first-order chi connectivity index (χ1) is 8.40. The molecule has 3 heteroatoms. The van der Waals surface area contributed by atoms with Crippen LogP contribution in [0.3, 0.4) is 0 Å². The van der Waals surface area contributed by atoms with Crippen molar-refractivity contribution in [2.75, 3.05) is 39.3 Å². The van der Waals surface area contributed by atoms with Crippen molar-refractivity contribution in [3.05, 3.63) is 0 Å². The van der Waals surface area contributed by atoms with E-state index in [1.54, 1.807) is 0 Å². The Kier molecular flexibility index (Phi) is 5.75. The molecular weight excluding hydrogens is 212 g/mol. The highest BCUT2D eigenvalue weighted by Crippen LogP contribution is 2.17. The quantitative estimate of drug-likeness (QED) is 0.792. The first-order valence-electron chi connectivity index (χ1n) is 7.47. The van der Waals surface area contributed by atoms with Gasteiger partial charge in [-0.1, -0.05) is 12.8 Å². The molecule has 100 valence electrons. The molecular formula is C14H28N2O. The summed E-state index contributed by atoms with van der Waals surface area (Å²) in [5, 5.41) is 9.45. The van der Waals surface area contributed by atoms with Crippen LogP contribution in [0.15, 0.2) is 0 Å². The molecule has 0 saturated carbocycles. The Hall–Kier alpha value is -0.120. The van der Waals surface area contributed by atoms with Crippen molar-refractivity contribution >= 4 is 0 Å². The summed E-state index contributed by atoms with van der Waals surface area (Å²) in [6.07, 6.45) is 9.22. The fraction of sp³-hybridized carbons (Fsp3) is 1.00. The van der Waals surface area contributed by atoms with Crippen LogP contribution < -0.4 is 0 Å². The lowest BCUT2D eigenvalue weighted by molar-refractivity contribution is 0.120. The first-order valence-corrected chi connectivity index (χ1v) is 7.47. The van der Waals surface area contributed by atoms with Gasteiger partial charge in [-0.25, -0.2) is 0 Å². The predicted molar refractivity (Wildman–Crippen MR) is 71.2 cm³/mol. The van der Waals surface area contributed by atoms with E-state index in [-0.39, 0.29) is 0 Å². The molecule has 0 bridgehead atoms. The lowest BCUT2D eigenvalue weighted by Crippen LogP contribution is -2.39. The third-order valence-corrected chi connectivity index (χ3v) is 4.33. The lowest BCUT2D eigenvalue weighted by atomic mass is 10.1. The Morgan fingerprint density at radius 1 is 0.882 bits per heavy atom. The highest BCUT2D eigenvalue weighted by molar-refractivity contribution is 4.75. The molecule has 2 aliphatic rings. The third-order valence-electron chi connectivity index (χ3n) is 4.33. The highest BCUT2D eigenvalue weighted by atomic mass is 16.3. The van der Waals surface area contributed by atoms with Crippen LogP contribution in [0.2, 0.25) is 0 Å². The average molecular weight is 240 g/mol. The summed E-state index contributed by atoms with van der Waals surface area (Å²) in [5.41, 5.74) is 0. The van der Waals surface area contributed by atoms with E-state index in [4.69, 9.17) is 0 Å². The van der Waals surface area contributed by atoms with E-state index in [0.29, 0.717) is 12.6 Å². The molecule has 0 aromatic rings. The van der Waals surface area contributed by atoms with Crippen molar-refractivity contribution in [1.82, 2.24) is 9.80 Å². The number of rotatable bonds is 5. The zero-order valence-electron chi connectivity index (χ0n) is 11.1. The summed E-state index contributed by atoms with van der Waals surface area (Å²) in [6.45, 7) is 6.61. The van der Waals surface area contributed by atoms with Gasteiger partial charge in [-0.15, -0.1) is 0 Å². The molecule has 0 spiro atoms. The van der Waals surface area contributed by atoms with Crippen LogP contribution in [0, 0.1) is 0 Å². The third kappa shape index (κ3) is 4.23. The van der Waals surface area contributed by atoms with Gasteiger partial charge in [0.05, 0.1) is 6.61 Å². The largest absolute Gasteiger partial charge is 0.395 e. The zero-order valence-corrected chi connectivity index (χ0v) is 11.1. The van der Waals surface area contributed by atoms with E-state index in [2.05, 4.69) is 9.80 Å². The summed E-state index contributed by atoms with van der Waals surface area (Å²) in [5.74, 6) is 0. The second kappa shape index (κ2) is 7.34. The molecule has 17 heavy (non-hydrogen) atoms. The number of likely N-dealkylation sites (tertiary alicyclic amines) is 2. The molecule has 1 unspecified atom stereocenters. The first kappa shape index (κ1) is 13.3. The smallest absolute Gasteiger partial charge is 0.0586 e. The van der Waals surface area contributed by atoms with Crippen LogP contribution >= 0.6 is 0 Å². The van der Waals surface area contributed by atoms with Crippen molar-refractivity contribution < 1.29 is 5.11 Å². The highest BCUT2D eigenvalue weighted by Gasteiger charge is 2.20. The van der Waals surface area contributed by atoms with Gasteiger partial charge in [-0.3, -0.25) is 4.90 Å². The van der Waals surface area contributed by atoms with Crippen molar-refractivity contribution in [2.45, 2.75) is 51.0 Å². The lowest BCUT2D eigenvalue weighted by Gasteiger charge is -2.29. The van der Waals surface area contributed by atoms with Crippen molar-refractivity contribution in [2.24, 2.45) is 0 Å². The van der Waals surface area contributed by atoms with Crippen LogP contribution in [0.5, 0.6) is 0 Å². The molecule has 2 rings (SSSR count). The minimum Gasteiger partial charge on any atom is -0.395 e. The van der Waals surface area contributed by atoms with Gasteiger partial charge in [0.1, 0.15) is 0 Å². The molecule has 0 aliphatic carbocycles. The van der Waals surface area contributed by atoms with Gasteiger partial charge in [0, 0.05) is 6.04 Å². The van der Waals surface area contributed by atoms with Crippen LogP contribution in [0.1, 0.15) is 44.9 Å². The summed E-state index contributed by atoms with van der Waals surface area (Å²) in [7, 11) is 0. The molecule has 2 saturated heterocycles. The van der Waals surface area contributed by atoms with E-state index >= 15 is 0 Å². The maximum Gasteiger partial charge on any atom is 0.0586 e. The Morgan fingerprint density at radius 2 is 1.65 bits per heavy atom. The SMILES string of the molecule is OCC1CCCCCN1CCCN1CCCC1. The normalized spacial score (nSPS) is 28.4. The molecule has 0 radical (unpaired) electrons. The molecule has 1 N–H and O–H groups in total. The molecule has 2 heterocycles. The Balaban J connectivity index is 1.67. The van der Waals surface area contributed by atoms with E-state index in [0.717, 1.165) is 0 Å². The van der Waals surface area contributed by atoms with Crippen LogP contribution in [-0.2, 0) is 0 Å². The topological polar surface area (TPSA) is 26.7 Å². The summed E-state index contributed by atoms with van der Waals surface area (Å²) in [4.78, 5) is 5.12. The number of aliphatic hydroxyl groups is 1. The van der Waals surface area contributed by atoms with Gasteiger partial charge in [-0.05, 0) is 64.8 Å². The van der Waals surface area contributed by atoms with Gasteiger partial charge in [0.25, 0.3) is 0 Å². The Labute approximate surface area is 106 Å². The molecule has 3 nitrogen and oxygen atoms in total. The minimum atomic E-state index is 0.351. The van der Waals surface area contributed by atoms with Crippen molar-refractivity contribution in [1.29, 1.82) is 0 Å². The number of nitrogens with zero attached hydrogens (tertiary/aromatic N) is 2. The second-order valence-corrected chi connectivity index (χ2v) is 5.62. The van der Waals surface area contributed by atoms with Crippen LogP contribution in [0.25, 0.3) is 0 Å². The maximum absolute atomic E-state index is 9.45. The van der Waals surface area contributed by atoms with Crippen LogP contribution in [-0.4, -0.2) is 60.3 Å². The molecule has 0 amide bonds. The van der Waals surface area contributed by atoms with Gasteiger partial charge in [0.15, 0.2) is 0 Å². The van der Waals surface area contributed by atoms with E-state index in [1.165, 1.54) is 77.7 Å². The molecule has 2 aliphatic heterocycles.